The van der Waals surface area contributed by atoms with E-state index in [0.29, 0.717) is 11.3 Å². The number of nitrogens with one attached hydrogen (secondary N) is 1. The molecule has 0 aliphatic carbocycles. The Morgan fingerprint density at radius 1 is 1.09 bits per heavy atom. The van der Waals surface area contributed by atoms with E-state index in [-0.39, 0.29) is 55.2 Å². The van der Waals surface area contributed by atoms with Crippen LogP contribution in [0.25, 0.3) is 21.6 Å². The van der Waals surface area contributed by atoms with Crippen LogP contribution in [0.5, 0.6) is 0 Å². The highest BCUT2D eigenvalue weighted by Gasteiger charge is 2.57. The van der Waals surface area contributed by atoms with E-state index < -0.39 is 100 Å². The molecule has 0 saturated carbocycles. The Bertz CT molecular complexity index is 2610. The average molecular weight is 1020 g/mol. The number of imidazole rings is 1. The van der Waals surface area contributed by atoms with Crippen molar-refractivity contribution in [1.82, 2.24) is 34.4 Å². The smallest absolute Gasteiger partial charge is 0.472 e. The summed E-state index contributed by atoms with van der Waals surface area (Å²) in [7, 11) is -8.11. The first-order chi connectivity index (χ1) is 31.7. The highest BCUT2D eigenvalue weighted by molar-refractivity contribution is 8.77. The Labute approximate surface area is 385 Å². The number of aliphatic carboxylic acids is 1. The number of hydrogen-bond acceptors (Lipinski definition) is 22. The number of phosphoric ester groups is 2. The second-order valence-electron chi connectivity index (χ2n) is 14.8. The summed E-state index contributed by atoms with van der Waals surface area (Å²) in [5, 5.41) is 28.3. The zero-order valence-corrected chi connectivity index (χ0v) is 38.3. The van der Waals surface area contributed by atoms with Crippen molar-refractivity contribution in [3.05, 3.63) is 75.7 Å². The molecule has 3 unspecified atom stereocenters. The fourth-order valence-electron chi connectivity index (χ4n) is 7.46. The molecule has 2 fully saturated rings. The van der Waals surface area contributed by atoms with Crippen LogP contribution in [0.4, 0.5) is 22.1 Å². The lowest BCUT2D eigenvalue weighted by Gasteiger charge is -2.41. The van der Waals surface area contributed by atoms with Crippen molar-refractivity contribution in [2.24, 2.45) is 16.8 Å². The molecule has 6 rings (SSSR count). The number of aromatic nitrogens is 6. The number of amides is 1. The summed E-state index contributed by atoms with van der Waals surface area (Å²) in [5.74, 6) is -2.71. The molecule has 33 heteroatoms. The summed E-state index contributed by atoms with van der Waals surface area (Å²) in [6.45, 7) is -2.28. The number of aliphatic hydroxyl groups is 1. The van der Waals surface area contributed by atoms with Gasteiger partial charge in [-0.1, -0.05) is 51.0 Å². The molecule has 0 radical (unpaired) electrons. The minimum atomic E-state index is -5.29. The van der Waals surface area contributed by atoms with Gasteiger partial charge in [-0.2, -0.15) is 4.98 Å². The van der Waals surface area contributed by atoms with E-state index in [1.165, 1.54) is 46.1 Å². The average Bonchev–Trinajstić information content (AvgIpc) is 3.98. The number of carboxylic acid groups (broad SMARTS) is 1. The predicted octanol–water partition coefficient (Wildman–Crippen LogP) is 1.83. The second kappa shape index (κ2) is 22.0. The molecule has 2 saturated heterocycles. The number of ether oxygens (including phenoxy) is 3. The largest absolute Gasteiger partial charge is 0.480 e. The zero-order chi connectivity index (χ0) is 48.7. The van der Waals surface area contributed by atoms with E-state index in [1.807, 2.05) is 0 Å². The second-order valence-corrected chi connectivity index (χ2v) is 20.3. The molecule has 5 heterocycles. The van der Waals surface area contributed by atoms with Crippen molar-refractivity contribution in [2.75, 3.05) is 37.5 Å². The van der Waals surface area contributed by atoms with Crippen LogP contribution < -0.4 is 28.2 Å². The van der Waals surface area contributed by atoms with Crippen molar-refractivity contribution < 1.29 is 71.4 Å². The first-order valence-corrected chi connectivity index (χ1v) is 25.2. The summed E-state index contributed by atoms with van der Waals surface area (Å²) in [6, 6.07) is 6.03. The van der Waals surface area contributed by atoms with Gasteiger partial charge >= 0.3 is 33.4 Å². The number of nitrogen functional groups attached to an aromatic ring is 2. The van der Waals surface area contributed by atoms with E-state index >= 15 is 0 Å². The van der Waals surface area contributed by atoms with Gasteiger partial charge in [-0.15, -0.1) is 0 Å². The highest BCUT2D eigenvalue weighted by atomic mass is 33.1. The molecule has 12 N–H and O–H groups in total. The van der Waals surface area contributed by atoms with Crippen LogP contribution in [0.1, 0.15) is 37.3 Å². The van der Waals surface area contributed by atoms with Crippen LogP contribution in [0.2, 0.25) is 0 Å². The zero-order valence-electron chi connectivity index (χ0n) is 34.9. The predicted molar refractivity (Wildman–Crippen MR) is 235 cm³/mol. The van der Waals surface area contributed by atoms with Crippen LogP contribution in [-0.2, 0) is 48.3 Å². The third-order valence-electron chi connectivity index (χ3n) is 10.5. The standard InChI is InChI=1S/C34H45N13O16P2S2/c1-66-67-34(8-6-19(35)31(49)50,14-39-33(52)58-11-17-2-4-18(5-3-17)44-45-38)25-22(62-30(27(25)48)47-16-42-26-28(37)40-15-41-29(26)47)13-60-65(56,57)63-20-10-24(46-9-7-23(36)43-32(46)51)61-21(20)12-59-64(53,54)55/h2-5,7,9,15-16,19-22,24-25,27,30,48H,6,8,10-14,35H2,1H3,(H,39,52)(H,49,50)(H,56,57)(H2,36,43,51)(H2,37,40,41)(H2,53,54,55)/t19?,20-,21+,22-,24+,25+,27+,30+,34?/m0/s1. The lowest BCUT2D eigenvalue weighted by molar-refractivity contribution is -0.138. The third kappa shape index (κ3) is 13.0. The summed E-state index contributed by atoms with van der Waals surface area (Å²) in [4.78, 5) is 86.7. The summed E-state index contributed by atoms with van der Waals surface area (Å²) >= 11 is 0. The number of azide groups is 1. The Morgan fingerprint density at radius 2 is 1.82 bits per heavy atom. The lowest BCUT2D eigenvalue weighted by atomic mass is 9.79. The van der Waals surface area contributed by atoms with Gasteiger partial charge in [-0.3, -0.25) is 27.5 Å². The molecule has 10 atom stereocenters. The number of rotatable bonds is 22. The van der Waals surface area contributed by atoms with Gasteiger partial charge < -0.3 is 61.6 Å². The number of nitrogens with zero attached hydrogens (tertiary/aromatic N) is 9. The van der Waals surface area contributed by atoms with Crippen LogP contribution >= 0.6 is 37.2 Å². The van der Waals surface area contributed by atoms with Gasteiger partial charge in [0.25, 0.3) is 0 Å². The van der Waals surface area contributed by atoms with Crippen molar-refractivity contribution in [2.45, 2.75) is 73.5 Å². The number of aliphatic hydroxyl groups excluding tert-OH is 1. The fraction of sp³-hybridized carbons (Fsp3) is 0.500. The van der Waals surface area contributed by atoms with E-state index in [4.69, 9.17) is 46.0 Å². The number of anilines is 2. The Balaban J connectivity index is 1.30. The maximum atomic E-state index is 13.9. The molecule has 2 aliphatic rings. The van der Waals surface area contributed by atoms with Gasteiger partial charge in [0.2, 0.25) is 0 Å². The minimum Gasteiger partial charge on any atom is -0.480 e. The summed E-state index contributed by atoms with van der Waals surface area (Å²) in [5.41, 5.74) is 26.6. The number of phosphoric acid groups is 2. The number of nitrogens with two attached hydrogens (primary N) is 3. The van der Waals surface area contributed by atoms with Gasteiger partial charge in [0, 0.05) is 35.7 Å². The van der Waals surface area contributed by atoms with Crippen LogP contribution in [0.15, 0.2) is 59.1 Å². The van der Waals surface area contributed by atoms with Crippen molar-refractivity contribution in [3.63, 3.8) is 0 Å². The molecule has 0 spiro atoms. The van der Waals surface area contributed by atoms with Gasteiger partial charge in [-0.05, 0) is 36.3 Å². The van der Waals surface area contributed by atoms with Gasteiger partial charge in [0.1, 0.15) is 54.9 Å². The number of hydrogen-bond donors (Lipinski definition) is 9. The molecule has 1 aromatic carbocycles. The summed E-state index contributed by atoms with van der Waals surface area (Å²) in [6.07, 6.45) is -4.97. The maximum absolute atomic E-state index is 13.9. The number of carboxylic acids is 1. The Hall–Kier alpha value is -4.94. The van der Waals surface area contributed by atoms with Crippen LogP contribution in [0, 0.1) is 5.92 Å². The molecule has 1 amide bonds. The maximum Gasteiger partial charge on any atom is 0.472 e. The number of alkyl carbamates (subject to hydrolysis) is 1. The number of carbonyl (C=O) groups excluding carboxylic acids is 1. The normalized spacial score (nSPS) is 24.1. The van der Waals surface area contributed by atoms with Gasteiger partial charge in [0.15, 0.2) is 17.7 Å². The monoisotopic (exact) mass is 1020 g/mol. The van der Waals surface area contributed by atoms with Crippen molar-refractivity contribution in [1.29, 1.82) is 0 Å². The minimum absolute atomic E-state index is 0.00419. The molecule has 4 aromatic rings. The molecule has 364 valence electrons. The molecular formula is C34H45N13O16P2S2. The van der Waals surface area contributed by atoms with E-state index in [0.717, 1.165) is 21.7 Å². The van der Waals surface area contributed by atoms with Crippen LogP contribution in [0.3, 0.4) is 0 Å². The van der Waals surface area contributed by atoms with E-state index in [2.05, 4.69) is 39.8 Å². The first kappa shape index (κ1) is 51.5. The Morgan fingerprint density at radius 3 is 2.49 bits per heavy atom. The number of carbonyl (C=O) groups is 2. The SMILES string of the molecule is CSSC(CCC(N)C(=O)O)(CNC(=O)OCc1ccc(N=[N+]=[N-])cc1)[C@H]1[C@@H](O)[C@H](n2cnc3c(N)ncnc32)O[C@H]1COP(=O)(O)O[C@H]1C[C@H](n2ccc(N)nc2=O)O[C@@H]1COP(=O)(O)O. The topological polar surface area (TPSA) is 442 Å². The first-order valence-electron chi connectivity index (χ1n) is 19.6. The van der Waals surface area contributed by atoms with Crippen molar-refractivity contribution >= 4 is 77.8 Å². The third-order valence-corrected chi connectivity index (χ3v) is 14.6. The van der Waals surface area contributed by atoms with E-state index in [9.17, 15) is 48.4 Å². The number of fused-ring (bicyclic) bond motifs is 1. The molecule has 67 heavy (non-hydrogen) atoms. The molecule has 2 aliphatic heterocycles. The molecule has 29 nitrogen and oxygen atoms in total. The van der Waals surface area contributed by atoms with E-state index in [1.54, 1.807) is 18.4 Å². The summed E-state index contributed by atoms with van der Waals surface area (Å²) < 4.78 is 59.6. The Kier molecular flexibility index (Phi) is 16.9. The number of benzene rings is 1. The molecule has 0 bridgehead atoms. The van der Waals surface area contributed by atoms with Crippen LogP contribution in [-0.4, -0.2) is 127 Å². The fourth-order valence-corrected chi connectivity index (χ4v) is 11.6. The lowest BCUT2D eigenvalue weighted by Crippen LogP contribution is -2.53. The van der Waals surface area contributed by atoms with Gasteiger partial charge in [-0.25, -0.2) is 33.7 Å². The van der Waals surface area contributed by atoms with Gasteiger partial charge in [0.05, 0.1) is 30.4 Å². The highest BCUT2D eigenvalue weighted by Crippen LogP contribution is 2.54. The molecular weight excluding hydrogens is 973 g/mol. The van der Waals surface area contributed by atoms with Crippen molar-refractivity contribution in [3.8, 4) is 0 Å². The molecule has 3 aromatic heterocycles. The quantitative estimate of drug-likeness (QED) is 0.0178.